The first-order valence-electron chi connectivity index (χ1n) is 6.58. The molecular formula is C14H17N5O2. The summed E-state index contributed by atoms with van der Waals surface area (Å²) >= 11 is 0. The number of aromatic nitrogens is 2. The summed E-state index contributed by atoms with van der Waals surface area (Å²) in [6.07, 6.45) is 0.288. The van der Waals surface area contributed by atoms with Gasteiger partial charge in [-0.05, 0) is 12.1 Å². The quantitative estimate of drug-likeness (QED) is 0.758. The fraction of sp³-hybridized carbons (Fsp3) is 0.357. The maximum Gasteiger partial charge on any atom is 0.221 e. The van der Waals surface area contributed by atoms with Gasteiger partial charge in [0.1, 0.15) is 11.6 Å². The Balaban J connectivity index is 2.11. The van der Waals surface area contributed by atoms with Crippen molar-refractivity contribution in [2.75, 3.05) is 26.0 Å². The summed E-state index contributed by atoms with van der Waals surface area (Å²) < 4.78 is 6.61. The molecule has 0 aliphatic rings. The molecular weight excluding hydrogens is 270 g/mol. The van der Waals surface area contributed by atoms with Crippen LogP contribution in [0.2, 0.25) is 0 Å². The molecule has 0 aliphatic heterocycles. The van der Waals surface area contributed by atoms with Gasteiger partial charge in [0.15, 0.2) is 0 Å². The van der Waals surface area contributed by atoms with Gasteiger partial charge in [0.25, 0.3) is 0 Å². The molecule has 1 heterocycles. The largest absolute Gasteiger partial charge is 0.383 e. The highest BCUT2D eigenvalue weighted by atomic mass is 16.5. The third kappa shape index (κ3) is 3.30. The molecule has 0 radical (unpaired) electrons. The van der Waals surface area contributed by atoms with Crippen LogP contribution in [0.4, 0.5) is 5.95 Å². The summed E-state index contributed by atoms with van der Waals surface area (Å²) in [6.45, 7) is 1.37. The summed E-state index contributed by atoms with van der Waals surface area (Å²) in [5.74, 6) is 0.224. The van der Waals surface area contributed by atoms with Crippen molar-refractivity contribution >= 4 is 22.9 Å². The first kappa shape index (κ1) is 14.8. The number of anilines is 1. The first-order chi connectivity index (χ1) is 10.2. The predicted octanol–water partition coefficient (Wildman–Crippen LogP) is 0.643. The van der Waals surface area contributed by atoms with Crippen molar-refractivity contribution in [1.82, 2.24) is 14.9 Å². The Bertz CT molecular complexity index is 686. The molecule has 1 aromatic carbocycles. The van der Waals surface area contributed by atoms with Gasteiger partial charge < -0.3 is 20.4 Å². The van der Waals surface area contributed by atoms with Gasteiger partial charge in [0.05, 0.1) is 17.7 Å². The van der Waals surface area contributed by atoms with E-state index in [1.807, 2.05) is 6.07 Å². The van der Waals surface area contributed by atoms with Crippen LogP contribution >= 0.6 is 0 Å². The van der Waals surface area contributed by atoms with Crippen molar-refractivity contribution in [3.8, 4) is 6.07 Å². The van der Waals surface area contributed by atoms with Crippen LogP contribution in [0.15, 0.2) is 18.2 Å². The topological polar surface area (TPSA) is 106 Å². The molecule has 110 valence electrons. The number of nitrogens with zero attached hydrogens (tertiary/aromatic N) is 3. The van der Waals surface area contributed by atoms with Crippen molar-refractivity contribution in [3.63, 3.8) is 0 Å². The lowest BCUT2D eigenvalue weighted by molar-refractivity contribution is -0.121. The molecule has 0 fully saturated rings. The minimum atomic E-state index is -0.0789. The monoisotopic (exact) mass is 287 g/mol. The lowest BCUT2D eigenvalue weighted by Gasteiger charge is -2.07. The summed E-state index contributed by atoms with van der Waals surface area (Å²) in [5.41, 5.74) is 7.68. The number of hydrogen-bond donors (Lipinski definition) is 2. The van der Waals surface area contributed by atoms with Crippen LogP contribution < -0.4 is 11.1 Å². The molecule has 0 aliphatic carbocycles. The van der Waals surface area contributed by atoms with Crippen LogP contribution in [0.3, 0.4) is 0 Å². The number of aryl methyl sites for hydroxylation is 1. The Morgan fingerprint density at radius 2 is 2.38 bits per heavy atom. The zero-order chi connectivity index (χ0) is 15.2. The number of imidazole rings is 1. The van der Waals surface area contributed by atoms with Crippen molar-refractivity contribution in [2.45, 2.75) is 13.0 Å². The van der Waals surface area contributed by atoms with Crippen molar-refractivity contribution in [3.05, 3.63) is 23.8 Å². The van der Waals surface area contributed by atoms with Crippen LogP contribution in [0.5, 0.6) is 0 Å². The molecule has 2 rings (SSSR count). The molecule has 0 bridgehead atoms. The number of amides is 1. The minimum Gasteiger partial charge on any atom is -0.383 e. The molecule has 1 amide bonds. The molecule has 2 aromatic rings. The Hall–Kier alpha value is -2.59. The van der Waals surface area contributed by atoms with Gasteiger partial charge >= 0.3 is 0 Å². The second-order valence-corrected chi connectivity index (χ2v) is 4.50. The van der Waals surface area contributed by atoms with E-state index in [-0.39, 0.29) is 12.3 Å². The van der Waals surface area contributed by atoms with Crippen LogP contribution in [-0.4, -0.2) is 35.7 Å². The highest BCUT2D eigenvalue weighted by molar-refractivity contribution is 5.84. The number of nitrogens with two attached hydrogens (primary N) is 1. The number of nitriles is 1. The molecule has 0 atom stereocenters. The number of rotatable bonds is 6. The molecule has 21 heavy (non-hydrogen) atoms. The average molecular weight is 287 g/mol. The second kappa shape index (κ2) is 6.72. The number of ether oxygens (including phenoxy) is 1. The number of hydrogen-bond acceptors (Lipinski definition) is 5. The second-order valence-electron chi connectivity index (χ2n) is 4.50. The smallest absolute Gasteiger partial charge is 0.221 e. The van der Waals surface area contributed by atoms with Crippen LogP contribution in [0.25, 0.3) is 11.0 Å². The third-order valence-electron chi connectivity index (χ3n) is 3.12. The maximum absolute atomic E-state index is 11.7. The van der Waals surface area contributed by atoms with Crippen LogP contribution in [0, 0.1) is 11.3 Å². The minimum absolute atomic E-state index is 0.0789. The third-order valence-corrected chi connectivity index (χ3v) is 3.12. The van der Waals surface area contributed by atoms with E-state index >= 15 is 0 Å². The predicted molar refractivity (Wildman–Crippen MR) is 78.4 cm³/mol. The maximum atomic E-state index is 11.7. The van der Waals surface area contributed by atoms with E-state index < -0.39 is 0 Å². The molecule has 3 N–H and O–H groups in total. The lowest BCUT2D eigenvalue weighted by atomic mass is 10.2. The molecule has 7 nitrogen and oxygen atoms in total. The Kier molecular flexibility index (Phi) is 4.74. The Morgan fingerprint density at radius 1 is 1.57 bits per heavy atom. The summed E-state index contributed by atoms with van der Waals surface area (Å²) in [4.78, 5) is 15.9. The highest BCUT2D eigenvalue weighted by Gasteiger charge is 2.12. The molecule has 0 saturated carbocycles. The fourth-order valence-electron chi connectivity index (χ4n) is 2.08. The molecule has 0 unspecified atom stereocenters. The van der Waals surface area contributed by atoms with Crippen molar-refractivity contribution in [1.29, 1.82) is 5.26 Å². The van der Waals surface area contributed by atoms with Gasteiger partial charge in [0, 0.05) is 26.6 Å². The van der Waals surface area contributed by atoms with E-state index in [1.165, 1.54) is 0 Å². The first-order valence-corrected chi connectivity index (χ1v) is 6.58. The standard InChI is InChI=1S/C14H17N5O2/c1-21-8-6-17-12(20)5-7-19-11-4-2-3-10(9-15)13(11)18-14(19)16/h2-4H,5-8H2,1H3,(H2,16,18)(H,17,20). The van der Waals surface area contributed by atoms with Gasteiger partial charge in [-0.2, -0.15) is 5.26 Å². The van der Waals surface area contributed by atoms with E-state index in [2.05, 4.69) is 16.4 Å². The number of fused-ring (bicyclic) bond motifs is 1. The zero-order valence-electron chi connectivity index (χ0n) is 11.8. The summed E-state index contributed by atoms with van der Waals surface area (Å²) in [6, 6.07) is 7.39. The lowest BCUT2D eigenvalue weighted by Crippen LogP contribution is -2.27. The highest BCUT2D eigenvalue weighted by Crippen LogP contribution is 2.21. The van der Waals surface area contributed by atoms with E-state index in [0.29, 0.717) is 36.7 Å². The van der Waals surface area contributed by atoms with E-state index in [9.17, 15) is 4.79 Å². The number of nitrogens with one attached hydrogen (secondary N) is 1. The molecule has 1 aromatic heterocycles. The SMILES string of the molecule is COCCNC(=O)CCn1c(N)nc2c(C#N)cccc21. The van der Waals surface area contributed by atoms with Crippen molar-refractivity contribution in [2.24, 2.45) is 0 Å². The van der Waals surface area contributed by atoms with E-state index in [4.69, 9.17) is 15.7 Å². The fourth-order valence-corrected chi connectivity index (χ4v) is 2.08. The van der Waals surface area contributed by atoms with E-state index in [0.717, 1.165) is 5.52 Å². The van der Waals surface area contributed by atoms with Gasteiger partial charge in [-0.25, -0.2) is 4.98 Å². The van der Waals surface area contributed by atoms with Gasteiger partial charge in [-0.3, -0.25) is 4.79 Å². The molecule has 0 spiro atoms. The Morgan fingerprint density at radius 3 is 3.10 bits per heavy atom. The van der Waals surface area contributed by atoms with Gasteiger partial charge in [-0.15, -0.1) is 0 Å². The normalized spacial score (nSPS) is 10.5. The number of carbonyl (C=O) groups is 1. The number of nitrogen functional groups attached to an aromatic ring is 1. The number of benzene rings is 1. The van der Waals surface area contributed by atoms with Crippen LogP contribution in [0.1, 0.15) is 12.0 Å². The number of carbonyl (C=O) groups excluding carboxylic acids is 1. The average Bonchev–Trinajstić information content (AvgIpc) is 2.80. The van der Waals surface area contributed by atoms with Crippen LogP contribution in [-0.2, 0) is 16.1 Å². The van der Waals surface area contributed by atoms with E-state index in [1.54, 1.807) is 23.8 Å². The van der Waals surface area contributed by atoms with Gasteiger partial charge in [0.2, 0.25) is 11.9 Å². The number of para-hydroxylation sites is 1. The van der Waals surface area contributed by atoms with Crippen molar-refractivity contribution < 1.29 is 9.53 Å². The summed E-state index contributed by atoms with van der Waals surface area (Å²) in [7, 11) is 1.58. The molecule has 0 saturated heterocycles. The zero-order valence-corrected chi connectivity index (χ0v) is 11.8. The molecule has 7 heteroatoms. The van der Waals surface area contributed by atoms with Gasteiger partial charge in [-0.1, -0.05) is 6.07 Å². The summed E-state index contributed by atoms with van der Waals surface area (Å²) in [5, 5.41) is 11.8. The number of methoxy groups -OCH3 is 1. The Labute approximate surface area is 122 Å².